The Hall–Kier alpha value is -3.84. The molecule has 0 spiro atoms. The number of halogens is 1. The predicted octanol–water partition coefficient (Wildman–Crippen LogP) is 4.26. The minimum atomic E-state index is -0.195. The number of carbonyl (C=O) groups excluding carboxylic acids is 1. The third kappa shape index (κ3) is 3.95. The first kappa shape index (κ1) is 20.4. The maximum Gasteiger partial charge on any atom is 0.250 e. The topological polar surface area (TPSA) is 97.3 Å². The standard InChI is InChI=1S/C23H20ClN5O2/c1-2-20(31)29(16-6-4-3-5-7-16)11-10-28-13-17(15-8-9-18(24)19(30)12-15)21-22(25)26-14-27-23(21)28/h2-9,12-14,30H,1,10-11H2,(H2,25,26,27). The Morgan fingerprint density at radius 1 is 1.23 bits per heavy atom. The van der Waals surface area contributed by atoms with Crippen molar-refractivity contribution in [3.8, 4) is 16.9 Å². The van der Waals surface area contributed by atoms with Crippen LogP contribution in [0, 0.1) is 0 Å². The molecule has 0 saturated heterocycles. The molecule has 0 unspecified atom stereocenters. The fourth-order valence-corrected chi connectivity index (χ4v) is 3.63. The average Bonchev–Trinajstić information content (AvgIpc) is 3.16. The van der Waals surface area contributed by atoms with Crippen molar-refractivity contribution in [2.24, 2.45) is 0 Å². The highest BCUT2D eigenvalue weighted by molar-refractivity contribution is 6.32. The summed E-state index contributed by atoms with van der Waals surface area (Å²) < 4.78 is 1.92. The number of aromatic hydroxyl groups is 1. The summed E-state index contributed by atoms with van der Waals surface area (Å²) in [7, 11) is 0. The molecular formula is C23H20ClN5O2. The molecule has 0 aliphatic heterocycles. The summed E-state index contributed by atoms with van der Waals surface area (Å²) in [6.45, 7) is 4.47. The number of benzene rings is 2. The van der Waals surface area contributed by atoms with Crippen LogP contribution in [0.3, 0.4) is 0 Å². The SMILES string of the molecule is C=CC(=O)N(CCn1cc(-c2ccc(Cl)c(O)c2)c2c(N)ncnc21)c1ccccc1. The minimum Gasteiger partial charge on any atom is -0.506 e. The lowest BCUT2D eigenvalue weighted by atomic mass is 10.1. The normalized spacial score (nSPS) is 10.9. The Balaban J connectivity index is 1.74. The van der Waals surface area contributed by atoms with E-state index in [1.807, 2.05) is 41.1 Å². The number of fused-ring (bicyclic) bond motifs is 1. The van der Waals surface area contributed by atoms with Gasteiger partial charge in [0, 0.05) is 30.5 Å². The van der Waals surface area contributed by atoms with Gasteiger partial charge in [0.2, 0.25) is 5.91 Å². The van der Waals surface area contributed by atoms with Gasteiger partial charge in [-0.25, -0.2) is 9.97 Å². The predicted molar refractivity (Wildman–Crippen MR) is 123 cm³/mol. The first-order valence-electron chi connectivity index (χ1n) is 9.56. The molecule has 156 valence electrons. The van der Waals surface area contributed by atoms with E-state index in [-0.39, 0.29) is 16.7 Å². The monoisotopic (exact) mass is 433 g/mol. The number of aromatic nitrogens is 3. The number of phenols is 1. The Bertz CT molecular complexity index is 1270. The van der Waals surface area contributed by atoms with Crippen LogP contribution in [0.2, 0.25) is 5.02 Å². The van der Waals surface area contributed by atoms with E-state index in [4.69, 9.17) is 17.3 Å². The number of phenolic OH excluding ortho intramolecular Hbond substituents is 1. The molecule has 31 heavy (non-hydrogen) atoms. The highest BCUT2D eigenvalue weighted by atomic mass is 35.5. The van der Waals surface area contributed by atoms with Gasteiger partial charge in [-0.15, -0.1) is 0 Å². The summed E-state index contributed by atoms with van der Waals surface area (Å²) in [6, 6.07) is 14.4. The van der Waals surface area contributed by atoms with Crippen molar-refractivity contribution in [2.45, 2.75) is 6.54 Å². The van der Waals surface area contributed by atoms with Crippen LogP contribution < -0.4 is 10.6 Å². The smallest absolute Gasteiger partial charge is 0.250 e. The number of amides is 1. The average molecular weight is 434 g/mol. The zero-order valence-electron chi connectivity index (χ0n) is 16.6. The molecule has 2 aromatic carbocycles. The third-order valence-corrected chi connectivity index (χ3v) is 5.33. The molecule has 0 saturated carbocycles. The van der Waals surface area contributed by atoms with Gasteiger partial charge in [0.15, 0.2) is 0 Å². The molecule has 0 aliphatic carbocycles. The van der Waals surface area contributed by atoms with Crippen molar-refractivity contribution >= 4 is 40.0 Å². The molecule has 0 aliphatic rings. The Morgan fingerprint density at radius 2 is 2.00 bits per heavy atom. The van der Waals surface area contributed by atoms with Crippen molar-refractivity contribution in [3.63, 3.8) is 0 Å². The number of rotatable bonds is 6. The first-order valence-corrected chi connectivity index (χ1v) is 9.94. The van der Waals surface area contributed by atoms with Crippen LogP contribution in [0.25, 0.3) is 22.2 Å². The fourth-order valence-electron chi connectivity index (χ4n) is 3.51. The summed E-state index contributed by atoms with van der Waals surface area (Å²) in [5, 5.41) is 11.0. The molecule has 1 amide bonds. The summed E-state index contributed by atoms with van der Waals surface area (Å²) in [5.74, 6) is 0.109. The van der Waals surface area contributed by atoms with E-state index in [1.54, 1.807) is 23.1 Å². The van der Waals surface area contributed by atoms with Crippen molar-refractivity contribution in [1.29, 1.82) is 0 Å². The highest BCUT2D eigenvalue weighted by Crippen LogP contribution is 2.36. The molecule has 4 aromatic rings. The van der Waals surface area contributed by atoms with E-state index >= 15 is 0 Å². The van der Waals surface area contributed by atoms with E-state index in [9.17, 15) is 9.90 Å². The van der Waals surface area contributed by atoms with Crippen LogP contribution in [-0.4, -0.2) is 32.1 Å². The van der Waals surface area contributed by atoms with E-state index in [1.165, 1.54) is 12.4 Å². The molecule has 0 bridgehead atoms. The Labute approximate surface area is 184 Å². The third-order valence-electron chi connectivity index (χ3n) is 5.01. The number of nitrogen functional groups attached to an aromatic ring is 1. The molecular weight excluding hydrogens is 414 g/mol. The van der Waals surface area contributed by atoms with Gasteiger partial charge in [0.25, 0.3) is 0 Å². The maximum atomic E-state index is 12.5. The van der Waals surface area contributed by atoms with Gasteiger partial charge >= 0.3 is 0 Å². The number of nitrogens with two attached hydrogens (primary N) is 1. The summed E-state index contributed by atoms with van der Waals surface area (Å²) in [6.07, 6.45) is 4.59. The summed E-state index contributed by atoms with van der Waals surface area (Å²) >= 11 is 5.96. The summed E-state index contributed by atoms with van der Waals surface area (Å²) in [5.41, 5.74) is 9.07. The molecule has 7 nitrogen and oxygen atoms in total. The first-order chi connectivity index (χ1) is 15.0. The number of nitrogens with zero attached hydrogens (tertiary/aromatic N) is 4. The van der Waals surface area contributed by atoms with Gasteiger partial charge in [-0.2, -0.15) is 0 Å². The van der Waals surface area contributed by atoms with Crippen molar-refractivity contribution in [2.75, 3.05) is 17.2 Å². The van der Waals surface area contributed by atoms with Crippen molar-refractivity contribution in [3.05, 3.63) is 78.7 Å². The largest absolute Gasteiger partial charge is 0.506 e. The Kier molecular flexibility index (Phi) is 5.60. The molecule has 4 rings (SSSR count). The van der Waals surface area contributed by atoms with Crippen LogP contribution in [-0.2, 0) is 11.3 Å². The number of hydrogen-bond donors (Lipinski definition) is 2. The van der Waals surface area contributed by atoms with E-state index in [0.29, 0.717) is 29.9 Å². The lowest BCUT2D eigenvalue weighted by Crippen LogP contribution is -2.32. The van der Waals surface area contributed by atoms with Gasteiger partial charge < -0.3 is 20.3 Å². The maximum absolute atomic E-state index is 12.5. The van der Waals surface area contributed by atoms with Gasteiger partial charge in [0.1, 0.15) is 23.5 Å². The zero-order chi connectivity index (χ0) is 22.0. The summed E-state index contributed by atoms with van der Waals surface area (Å²) in [4.78, 5) is 22.6. The lowest BCUT2D eigenvalue weighted by Gasteiger charge is -2.21. The van der Waals surface area contributed by atoms with Crippen LogP contribution in [0.1, 0.15) is 0 Å². The van der Waals surface area contributed by atoms with E-state index < -0.39 is 0 Å². The van der Waals surface area contributed by atoms with E-state index in [0.717, 1.165) is 16.8 Å². The van der Waals surface area contributed by atoms with Crippen molar-refractivity contribution < 1.29 is 9.90 Å². The van der Waals surface area contributed by atoms with Crippen molar-refractivity contribution in [1.82, 2.24) is 14.5 Å². The second-order valence-electron chi connectivity index (χ2n) is 6.89. The quantitative estimate of drug-likeness (QED) is 0.443. The lowest BCUT2D eigenvalue weighted by molar-refractivity contribution is -0.114. The number of para-hydroxylation sites is 1. The van der Waals surface area contributed by atoms with Gasteiger partial charge in [-0.1, -0.05) is 42.4 Å². The second-order valence-corrected chi connectivity index (χ2v) is 7.30. The van der Waals surface area contributed by atoms with Crippen LogP contribution in [0.5, 0.6) is 5.75 Å². The zero-order valence-corrected chi connectivity index (χ0v) is 17.3. The molecule has 8 heteroatoms. The fraction of sp³-hybridized carbons (Fsp3) is 0.0870. The second kappa shape index (κ2) is 8.49. The molecule has 0 radical (unpaired) electrons. The van der Waals surface area contributed by atoms with Gasteiger partial charge in [-0.3, -0.25) is 4.79 Å². The number of carbonyl (C=O) groups is 1. The number of hydrogen-bond acceptors (Lipinski definition) is 5. The van der Waals surface area contributed by atoms with Crippen LogP contribution >= 0.6 is 11.6 Å². The van der Waals surface area contributed by atoms with Crippen LogP contribution in [0.15, 0.2) is 73.7 Å². The highest BCUT2D eigenvalue weighted by Gasteiger charge is 2.18. The number of anilines is 2. The van der Waals surface area contributed by atoms with Gasteiger partial charge in [0.05, 0.1) is 10.4 Å². The minimum absolute atomic E-state index is 0.0256. The van der Waals surface area contributed by atoms with Crippen LogP contribution in [0.4, 0.5) is 11.5 Å². The molecule has 3 N–H and O–H groups in total. The van der Waals surface area contributed by atoms with E-state index in [2.05, 4.69) is 16.5 Å². The van der Waals surface area contributed by atoms with Gasteiger partial charge in [-0.05, 0) is 35.9 Å². The molecule has 0 fully saturated rings. The Morgan fingerprint density at radius 3 is 2.71 bits per heavy atom. The molecule has 2 heterocycles. The molecule has 0 atom stereocenters. The molecule has 2 aromatic heterocycles.